The zero-order valence-electron chi connectivity index (χ0n) is 12.1. The average Bonchev–Trinajstić information content (AvgIpc) is 2.54. The maximum Gasteiger partial charge on any atom is 0.362 e. The van der Waals surface area contributed by atoms with E-state index in [1.54, 1.807) is 43.7 Å². The van der Waals surface area contributed by atoms with E-state index >= 15 is 0 Å². The number of esters is 1. The predicted molar refractivity (Wildman–Crippen MR) is 81.9 cm³/mol. The fraction of sp³-hybridized carbons (Fsp3) is 0.286. The number of carbonyl (C=O) groups is 1. The maximum absolute atomic E-state index is 11.8. The Kier molecular flexibility index (Phi) is 7.50. The number of azo groups is 1. The van der Waals surface area contributed by atoms with Gasteiger partial charge in [0.25, 0.3) is 0 Å². The van der Waals surface area contributed by atoms with Crippen molar-refractivity contribution < 1.29 is 19.4 Å². The van der Waals surface area contributed by atoms with Crippen molar-refractivity contribution in [2.45, 2.75) is 6.92 Å². The van der Waals surface area contributed by atoms with E-state index in [4.69, 9.17) is 14.7 Å². The summed E-state index contributed by atoms with van der Waals surface area (Å²) < 4.78 is 9.83. The van der Waals surface area contributed by atoms with E-state index in [-0.39, 0.29) is 23.8 Å². The number of methoxy groups -OCH3 is 1. The van der Waals surface area contributed by atoms with Crippen LogP contribution in [-0.4, -0.2) is 30.5 Å². The topological polar surface area (TPSA) is 104 Å². The molecule has 0 saturated heterocycles. The Morgan fingerprint density at radius 1 is 1.41 bits per heavy atom. The van der Waals surface area contributed by atoms with Crippen LogP contribution in [0.1, 0.15) is 6.92 Å². The molecule has 8 heteroatoms. The molecule has 0 amide bonds. The van der Waals surface area contributed by atoms with Gasteiger partial charge in [-0.1, -0.05) is 0 Å². The third-order valence-electron chi connectivity index (χ3n) is 2.35. The van der Waals surface area contributed by atoms with E-state index in [1.807, 2.05) is 0 Å². The van der Waals surface area contributed by atoms with Crippen molar-refractivity contribution in [2.75, 3.05) is 19.5 Å². The van der Waals surface area contributed by atoms with Crippen LogP contribution in [0.3, 0.4) is 0 Å². The van der Waals surface area contributed by atoms with Crippen molar-refractivity contribution >= 4 is 23.4 Å². The molecule has 0 heterocycles. The van der Waals surface area contributed by atoms with E-state index in [1.165, 1.54) is 0 Å². The first-order chi connectivity index (χ1) is 10.6. The number of benzene rings is 1. The third-order valence-corrected chi connectivity index (χ3v) is 2.90. The molecule has 0 atom stereocenters. The summed E-state index contributed by atoms with van der Waals surface area (Å²) in [7, 11) is 1.54. The molecule has 0 aliphatic carbocycles. The van der Waals surface area contributed by atoms with Gasteiger partial charge in [-0.25, -0.2) is 4.79 Å². The number of aliphatic hydroxyl groups is 1. The van der Waals surface area contributed by atoms with Gasteiger partial charge < -0.3 is 14.6 Å². The smallest absolute Gasteiger partial charge is 0.362 e. The molecular weight excluding hydrogens is 306 g/mol. The summed E-state index contributed by atoms with van der Waals surface area (Å²) >= 11 is 0.778. The Morgan fingerprint density at radius 3 is 2.64 bits per heavy atom. The van der Waals surface area contributed by atoms with Crippen molar-refractivity contribution in [3.05, 3.63) is 35.7 Å². The third kappa shape index (κ3) is 5.46. The number of nitrogens with zero attached hydrogens (tertiary/aromatic N) is 3. The summed E-state index contributed by atoms with van der Waals surface area (Å²) in [4.78, 5) is 11.8. The standard InChI is InChI=1S/C14H15N3O4S/c1-3-21-14(19)13(12(18)8-22-9-15)17-16-10-4-6-11(20-2)7-5-10/h4-7,18H,3,8H2,1-2H3/b13-12-,17-16?. The molecule has 1 N–H and O–H groups in total. The molecular formula is C14H15N3O4S. The summed E-state index contributed by atoms with van der Waals surface area (Å²) in [5, 5.41) is 27.7. The summed E-state index contributed by atoms with van der Waals surface area (Å²) in [5.41, 5.74) is 0.156. The molecule has 0 bridgehead atoms. The minimum Gasteiger partial charge on any atom is -0.509 e. The van der Waals surface area contributed by atoms with E-state index in [9.17, 15) is 9.90 Å². The first-order valence-electron chi connectivity index (χ1n) is 6.28. The van der Waals surface area contributed by atoms with Gasteiger partial charge in [-0.2, -0.15) is 10.4 Å². The lowest BCUT2D eigenvalue weighted by Crippen LogP contribution is -2.09. The van der Waals surface area contributed by atoms with Crippen LogP contribution in [0, 0.1) is 10.7 Å². The zero-order valence-corrected chi connectivity index (χ0v) is 13.0. The molecule has 0 aromatic heterocycles. The molecule has 116 valence electrons. The van der Waals surface area contributed by atoms with Crippen LogP contribution in [0.5, 0.6) is 5.75 Å². The molecule has 1 rings (SSSR count). The Labute approximate surface area is 132 Å². The summed E-state index contributed by atoms with van der Waals surface area (Å²) in [6.07, 6.45) is 0. The van der Waals surface area contributed by atoms with Gasteiger partial charge in [0.05, 0.1) is 25.2 Å². The normalized spacial score (nSPS) is 11.7. The van der Waals surface area contributed by atoms with Gasteiger partial charge in [0.15, 0.2) is 0 Å². The molecule has 0 saturated carbocycles. The van der Waals surface area contributed by atoms with Gasteiger partial charge in [-0.05, 0) is 43.0 Å². The molecule has 0 unspecified atom stereocenters. The number of ether oxygens (including phenoxy) is 2. The molecule has 22 heavy (non-hydrogen) atoms. The fourth-order valence-electron chi connectivity index (χ4n) is 1.34. The largest absolute Gasteiger partial charge is 0.509 e. The summed E-state index contributed by atoms with van der Waals surface area (Å²) in [5.74, 6) is -0.571. The SMILES string of the molecule is CCOC(=O)/C(N=Nc1ccc(OC)cc1)=C(/O)CSC#N. The number of thiocyanates is 1. The number of nitriles is 1. The number of carbonyl (C=O) groups excluding carboxylic acids is 1. The number of hydrogen-bond donors (Lipinski definition) is 1. The highest BCUT2D eigenvalue weighted by Crippen LogP contribution is 2.20. The van der Waals surface area contributed by atoms with E-state index in [0.717, 1.165) is 11.8 Å². The highest BCUT2D eigenvalue weighted by Gasteiger charge is 2.16. The Balaban J connectivity index is 2.98. The minimum atomic E-state index is -0.796. The number of rotatable bonds is 7. The Hall–Kier alpha value is -2.53. The number of aliphatic hydroxyl groups excluding tert-OH is 1. The maximum atomic E-state index is 11.8. The quantitative estimate of drug-likeness (QED) is 0.271. The van der Waals surface area contributed by atoms with Gasteiger partial charge in [-0.15, -0.1) is 5.11 Å². The first kappa shape index (κ1) is 17.5. The van der Waals surface area contributed by atoms with Crippen molar-refractivity contribution in [1.82, 2.24) is 0 Å². The molecule has 7 nitrogen and oxygen atoms in total. The number of hydrogen-bond acceptors (Lipinski definition) is 8. The van der Waals surface area contributed by atoms with Crippen molar-refractivity contribution in [3.63, 3.8) is 0 Å². The van der Waals surface area contributed by atoms with Crippen LogP contribution >= 0.6 is 11.8 Å². The lowest BCUT2D eigenvalue weighted by Gasteiger charge is -2.04. The Bertz CT molecular complexity index is 606. The van der Waals surface area contributed by atoms with Crippen LogP contribution in [0.4, 0.5) is 5.69 Å². The van der Waals surface area contributed by atoms with Crippen LogP contribution in [-0.2, 0) is 9.53 Å². The molecule has 1 aromatic rings. The second-order valence-corrected chi connectivity index (χ2v) is 4.55. The monoisotopic (exact) mass is 321 g/mol. The van der Waals surface area contributed by atoms with Crippen molar-refractivity contribution in [3.8, 4) is 11.2 Å². The van der Waals surface area contributed by atoms with Crippen LogP contribution < -0.4 is 4.74 Å². The highest BCUT2D eigenvalue weighted by atomic mass is 32.2. The van der Waals surface area contributed by atoms with Gasteiger partial charge >= 0.3 is 5.97 Å². The van der Waals surface area contributed by atoms with Gasteiger partial charge in [0, 0.05) is 0 Å². The first-order valence-corrected chi connectivity index (χ1v) is 7.26. The van der Waals surface area contributed by atoms with Gasteiger partial charge in [0.2, 0.25) is 5.70 Å². The molecule has 0 fully saturated rings. The molecule has 0 spiro atoms. The minimum absolute atomic E-state index is 0.0771. The lowest BCUT2D eigenvalue weighted by atomic mass is 10.3. The highest BCUT2D eigenvalue weighted by molar-refractivity contribution is 8.03. The van der Waals surface area contributed by atoms with Gasteiger partial charge in [0.1, 0.15) is 16.9 Å². The van der Waals surface area contributed by atoms with Crippen molar-refractivity contribution in [2.24, 2.45) is 10.2 Å². The van der Waals surface area contributed by atoms with Crippen LogP contribution in [0.15, 0.2) is 46.0 Å². The lowest BCUT2D eigenvalue weighted by molar-refractivity contribution is -0.138. The van der Waals surface area contributed by atoms with Crippen molar-refractivity contribution in [1.29, 1.82) is 5.26 Å². The molecule has 0 aliphatic heterocycles. The molecule has 1 aromatic carbocycles. The van der Waals surface area contributed by atoms with E-state index < -0.39 is 5.97 Å². The predicted octanol–water partition coefficient (Wildman–Crippen LogP) is 3.33. The second-order valence-electron chi connectivity index (χ2n) is 3.79. The fourth-order valence-corrected chi connectivity index (χ4v) is 1.68. The molecule has 0 aliphatic rings. The zero-order chi connectivity index (χ0) is 16.4. The summed E-state index contributed by atoms with van der Waals surface area (Å²) in [6.45, 7) is 1.77. The summed E-state index contributed by atoms with van der Waals surface area (Å²) in [6, 6.07) is 6.67. The Morgan fingerprint density at radius 2 is 2.09 bits per heavy atom. The van der Waals surface area contributed by atoms with Gasteiger partial charge in [-0.3, -0.25) is 0 Å². The van der Waals surface area contributed by atoms with E-state index in [2.05, 4.69) is 10.2 Å². The van der Waals surface area contributed by atoms with Crippen LogP contribution in [0.2, 0.25) is 0 Å². The van der Waals surface area contributed by atoms with E-state index in [0.29, 0.717) is 11.4 Å². The second kappa shape index (κ2) is 9.41. The number of thioether (sulfide) groups is 1. The average molecular weight is 321 g/mol. The molecule has 0 radical (unpaired) electrons. The van der Waals surface area contributed by atoms with Crippen LogP contribution in [0.25, 0.3) is 0 Å².